The molecule has 0 N–H and O–H groups in total. The Balaban J connectivity index is 2.03. The highest BCUT2D eigenvalue weighted by molar-refractivity contribution is 7.81. The summed E-state index contributed by atoms with van der Waals surface area (Å²) in [5, 5.41) is 0. The molecule has 0 atom stereocenters. The Morgan fingerprint density at radius 2 is 2.00 bits per heavy atom. The lowest BCUT2D eigenvalue weighted by Crippen LogP contribution is -2.09. The Morgan fingerprint density at radius 1 is 1.44 bits per heavy atom. The van der Waals surface area contributed by atoms with Gasteiger partial charge in [-0.25, -0.2) is 0 Å². The largest absolute Gasteiger partial charge is 0.0873 e. The van der Waals surface area contributed by atoms with Crippen molar-refractivity contribution in [3.63, 3.8) is 0 Å². The van der Waals surface area contributed by atoms with E-state index < -0.39 is 0 Å². The van der Waals surface area contributed by atoms with Crippen molar-refractivity contribution in [2.24, 2.45) is 5.92 Å². The first kappa shape index (κ1) is 7.46. The molecule has 1 aliphatic rings. The summed E-state index contributed by atoms with van der Waals surface area (Å²) in [7, 11) is 0. The molecular weight excluding hydrogens is 128 g/mol. The van der Waals surface area contributed by atoms with E-state index in [2.05, 4.69) is 13.8 Å². The Kier molecular flexibility index (Phi) is 2.10. The molecule has 0 spiro atoms. The van der Waals surface area contributed by atoms with E-state index in [9.17, 15) is 0 Å². The van der Waals surface area contributed by atoms with Gasteiger partial charge in [-0.2, -0.15) is 0 Å². The molecule has 0 aliphatic heterocycles. The zero-order valence-corrected chi connectivity index (χ0v) is 7.13. The summed E-state index contributed by atoms with van der Waals surface area (Å²) in [6.45, 7) is 4.29. The highest BCUT2D eigenvalue weighted by Crippen LogP contribution is 2.36. The van der Waals surface area contributed by atoms with Crippen LogP contribution in [-0.4, -0.2) is 4.75 Å². The minimum Gasteiger partial charge on any atom is -0.0873 e. The number of hydrogen-bond acceptors (Lipinski definition) is 0. The lowest BCUT2D eigenvalue weighted by molar-refractivity contribution is 0.570. The highest BCUT2D eigenvalue weighted by Gasteiger charge is 2.23. The van der Waals surface area contributed by atoms with E-state index >= 15 is 0 Å². The van der Waals surface area contributed by atoms with Gasteiger partial charge in [0.2, 0.25) is 0 Å². The van der Waals surface area contributed by atoms with Gasteiger partial charge in [-0.15, -0.1) is 0 Å². The summed E-state index contributed by atoms with van der Waals surface area (Å²) in [6, 6.07) is 0. The van der Waals surface area contributed by atoms with Gasteiger partial charge in [0.05, 0.1) is 0 Å². The van der Waals surface area contributed by atoms with E-state index in [4.69, 9.17) is 12.6 Å². The molecule has 0 amide bonds. The Morgan fingerprint density at radius 3 is 2.33 bits per heavy atom. The molecule has 0 heterocycles. The van der Waals surface area contributed by atoms with Crippen LogP contribution in [-0.2, 0) is 0 Å². The van der Waals surface area contributed by atoms with E-state index in [-0.39, 0.29) is 4.75 Å². The first-order valence-corrected chi connectivity index (χ1v) is 4.19. The van der Waals surface area contributed by atoms with Gasteiger partial charge in [-0.1, -0.05) is 25.5 Å². The first-order valence-electron chi connectivity index (χ1n) is 3.78. The fourth-order valence-electron chi connectivity index (χ4n) is 0.958. The molecule has 53 valence electrons. The topological polar surface area (TPSA) is 0 Å². The smallest absolute Gasteiger partial charge is 0.0207 e. The van der Waals surface area contributed by atoms with Gasteiger partial charge in [-0.3, -0.25) is 0 Å². The molecule has 1 aliphatic carbocycles. The molecule has 1 rings (SSSR count). The van der Waals surface area contributed by atoms with Crippen LogP contribution in [0.2, 0.25) is 0 Å². The standard InChI is InChI=1S/C8H15S/c1-8(2,9)6-5-7-3-4-7/h7H,3-6H2,1-2H3. The van der Waals surface area contributed by atoms with Gasteiger partial charge in [0.1, 0.15) is 0 Å². The second kappa shape index (κ2) is 2.53. The molecule has 1 radical (unpaired) electrons. The second-order valence-corrected chi connectivity index (χ2v) is 4.85. The van der Waals surface area contributed by atoms with Crippen molar-refractivity contribution in [1.29, 1.82) is 0 Å². The average Bonchev–Trinajstić information content (AvgIpc) is 2.38. The van der Waals surface area contributed by atoms with Crippen molar-refractivity contribution in [1.82, 2.24) is 0 Å². The Hall–Kier alpha value is 0.350. The van der Waals surface area contributed by atoms with E-state index in [1.54, 1.807) is 0 Å². The summed E-state index contributed by atoms with van der Waals surface area (Å²) in [5.41, 5.74) is 0. The third-order valence-corrected chi connectivity index (χ3v) is 2.06. The number of rotatable bonds is 3. The van der Waals surface area contributed by atoms with Crippen molar-refractivity contribution >= 4 is 12.6 Å². The fraction of sp³-hybridized carbons (Fsp3) is 1.00. The second-order valence-electron chi connectivity index (χ2n) is 3.74. The highest BCUT2D eigenvalue weighted by atomic mass is 32.1. The summed E-state index contributed by atoms with van der Waals surface area (Å²) >= 11 is 5.23. The van der Waals surface area contributed by atoms with Crippen molar-refractivity contribution in [3.8, 4) is 0 Å². The summed E-state index contributed by atoms with van der Waals surface area (Å²) in [6.07, 6.45) is 5.53. The maximum atomic E-state index is 5.23. The van der Waals surface area contributed by atoms with Crippen molar-refractivity contribution < 1.29 is 0 Å². The summed E-state index contributed by atoms with van der Waals surface area (Å²) in [4.78, 5) is 0. The van der Waals surface area contributed by atoms with E-state index in [1.165, 1.54) is 25.7 Å². The molecular formula is C8H15S. The normalized spacial score (nSPS) is 20.3. The van der Waals surface area contributed by atoms with Crippen LogP contribution in [0.15, 0.2) is 0 Å². The molecule has 0 unspecified atom stereocenters. The average molecular weight is 143 g/mol. The predicted octanol–water partition coefficient (Wildman–Crippen LogP) is 3.15. The van der Waals surface area contributed by atoms with Gasteiger partial charge in [0.15, 0.2) is 0 Å². The van der Waals surface area contributed by atoms with Crippen LogP contribution < -0.4 is 0 Å². The van der Waals surface area contributed by atoms with E-state index in [0.717, 1.165) is 5.92 Å². The van der Waals surface area contributed by atoms with E-state index in [1.807, 2.05) is 0 Å². The maximum Gasteiger partial charge on any atom is 0.0207 e. The Bertz CT molecular complexity index is 87.2. The van der Waals surface area contributed by atoms with E-state index in [0.29, 0.717) is 0 Å². The van der Waals surface area contributed by atoms with Crippen LogP contribution in [0.5, 0.6) is 0 Å². The number of hydrogen-bond donors (Lipinski definition) is 0. The lowest BCUT2D eigenvalue weighted by atomic mass is 10.1. The van der Waals surface area contributed by atoms with Gasteiger partial charge in [0.25, 0.3) is 0 Å². The van der Waals surface area contributed by atoms with Crippen molar-refractivity contribution in [3.05, 3.63) is 0 Å². The molecule has 0 nitrogen and oxygen atoms in total. The molecule has 0 bridgehead atoms. The van der Waals surface area contributed by atoms with Gasteiger partial charge >= 0.3 is 0 Å². The minimum absolute atomic E-state index is 0.155. The zero-order chi connectivity index (χ0) is 6.91. The molecule has 0 aromatic rings. The lowest BCUT2D eigenvalue weighted by Gasteiger charge is -2.14. The van der Waals surface area contributed by atoms with Gasteiger partial charge in [-0.05, 0) is 32.6 Å². The molecule has 0 saturated heterocycles. The minimum atomic E-state index is 0.155. The maximum absolute atomic E-state index is 5.23. The molecule has 0 aromatic carbocycles. The van der Waals surface area contributed by atoms with Gasteiger partial charge in [0, 0.05) is 4.75 Å². The third kappa shape index (κ3) is 3.85. The zero-order valence-electron chi connectivity index (χ0n) is 6.31. The Labute approximate surface area is 63.4 Å². The van der Waals surface area contributed by atoms with Crippen molar-refractivity contribution in [2.45, 2.75) is 44.3 Å². The van der Waals surface area contributed by atoms with Gasteiger partial charge < -0.3 is 0 Å². The molecule has 9 heavy (non-hydrogen) atoms. The van der Waals surface area contributed by atoms with Crippen LogP contribution in [0.1, 0.15) is 39.5 Å². The molecule has 1 saturated carbocycles. The molecule has 1 heteroatoms. The summed E-state index contributed by atoms with van der Waals surface area (Å²) in [5.74, 6) is 1.05. The van der Waals surface area contributed by atoms with Crippen LogP contribution in [0, 0.1) is 5.92 Å². The summed E-state index contributed by atoms with van der Waals surface area (Å²) < 4.78 is 0.155. The SMILES string of the molecule is CC(C)([S])CCC1CC1. The van der Waals surface area contributed by atoms with Crippen LogP contribution >= 0.6 is 12.6 Å². The third-order valence-electron chi connectivity index (χ3n) is 1.85. The van der Waals surface area contributed by atoms with Crippen molar-refractivity contribution in [2.75, 3.05) is 0 Å². The molecule has 0 aromatic heterocycles. The van der Waals surface area contributed by atoms with Crippen LogP contribution in [0.3, 0.4) is 0 Å². The first-order chi connectivity index (χ1) is 4.08. The predicted molar refractivity (Wildman–Crippen MR) is 43.6 cm³/mol. The van der Waals surface area contributed by atoms with Crippen LogP contribution in [0.25, 0.3) is 0 Å². The quantitative estimate of drug-likeness (QED) is 0.569. The monoisotopic (exact) mass is 143 g/mol. The van der Waals surface area contributed by atoms with Crippen LogP contribution in [0.4, 0.5) is 0 Å². The fourth-order valence-corrected chi connectivity index (χ4v) is 1.08. The molecule has 1 fully saturated rings.